The van der Waals surface area contributed by atoms with Crippen molar-refractivity contribution in [3.63, 3.8) is 0 Å². The molecule has 0 aliphatic carbocycles. The Morgan fingerprint density at radius 2 is 2.19 bits per heavy atom. The van der Waals surface area contributed by atoms with E-state index in [0.29, 0.717) is 5.92 Å². The highest BCUT2D eigenvalue weighted by Crippen LogP contribution is 2.18. The lowest BCUT2D eigenvalue weighted by Gasteiger charge is -2.13. The van der Waals surface area contributed by atoms with Gasteiger partial charge in [0.1, 0.15) is 5.82 Å². The van der Waals surface area contributed by atoms with Crippen LogP contribution < -0.4 is 5.73 Å². The molecule has 1 unspecified atom stereocenters. The van der Waals surface area contributed by atoms with Gasteiger partial charge in [-0.3, -0.25) is 0 Å². The fourth-order valence-electron chi connectivity index (χ4n) is 1.59. The Labute approximate surface area is 104 Å². The van der Waals surface area contributed by atoms with E-state index in [9.17, 15) is 0 Å². The predicted molar refractivity (Wildman–Crippen MR) is 70.3 cm³/mol. The van der Waals surface area contributed by atoms with Gasteiger partial charge in [0.15, 0.2) is 0 Å². The molecule has 0 saturated carbocycles. The second-order valence-corrected chi connectivity index (χ2v) is 5.37. The molecule has 0 bridgehead atoms. The molecule has 0 aliphatic heterocycles. The summed E-state index contributed by atoms with van der Waals surface area (Å²) in [6, 6.07) is 6.19. The van der Waals surface area contributed by atoms with Gasteiger partial charge in [-0.15, -0.1) is 0 Å². The molecule has 3 N–H and O–H groups in total. The van der Waals surface area contributed by atoms with Crippen LogP contribution in [0.25, 0.3) is 11.0 Å². The maximum atomic E-state index is 6.03. The molecule has 0 amide bonds. The summed E-state index contributed by atoms with van der Waals surface area (Å²) in [5.74, 6) is 1.44. The Kier molecular flexibility index (Phi) is 3.30. The van der Waals surface area contributed by atoms with Crippen molar-refractivity contribution in [2.24, 2.45) is 11.7 Å². The number of fused-ring (bicyclic) bond motifs is 1. The fraction of sp³-hybridized carbons (Fsp3) is 0.417. The van der Waals surface area contributed by atoms with Gasteiger partial charge in [-0.05, 0) is 24.1 Å². The van der Waals surface area contributed by atoms with Crippen molar-refractivity contribution in [3.8, 4) is 0 Å². The highest BCUT2D eigenvalue weighted by atomic mass is 79.9. The van der Waals surface area contributed by atoms with Crippen LogP contribution >= 0.6 is 15.9 Å². The van der Waals surface area contributed by atoms with Crippen LogP contribution in [0.2, 0.25) is 0 Å². The molecule has 2 aromatic rings. The van der Waals surface area contributed by atoms with Crippen molar-refractivity contribution < 1.29 is 0 Å². The van der Waals surface area contributed by atoms with Gasteiger partial charge in [-0.1, -0.05) is 29.8 Å². The summed E-state index contributed by atoms with van der Waals surface area (Å²) in [7, 11) is 0. The number of hydrogen-bond donors (Lipinski definition) is 2. The van der Waals surface area contributed by atoms with Gasteiger partial charge in [-0.2, -0.15) is 0 Å². The van der Waals surface area contributed by atoms with E-state index < -0.39 is 0 Å². The molecule has 0 fully saturated rings. The number of H-pyrrole nitrogens is 1. The Morgan fingerprint density at radius 3 is 2.88 bits per heavy atom. The summed E-state index contributed by atoms with van der Waals surface area (Å²) in [5, 5.41) is 0. The summed E-state index contributed by atoms with van der Waals surface area (Å²) in [6.07, 6.45) is 0.796. The Hall–Kier alpha value is -0.870. The molecule has 3 nitrogen and oxygen atoms in total. The first kappa shape index (κ1) is 11.6. The quantitative estimate of drug-likeness (QED) is 0.909. The summed E-state index contributed by atoms with van der Waals surface area (Å²) >= 11 is 3.44. The fourth-order valence-corrected chi connectivity index (χ4v) is 1.95. The second-order valence-electron chi connectivity index (χ2n) is 4.46. The minimum absolute atomic E-state index is 0.156. The first-order valence-electron chi connectivity index (χ1n) is 5.46. The van der Waals surface area contributed by atoms with Crippen LogP contribution in [-0.2, 0) is 6.42 Å². The molecule has 1 heterocycles. The minimum atomic E-state index is 0.156. The SMILES string of the molecule is CC(C)C(N)Cc1nc2ccc(Br)cc2[nH]1. The lowest BCUT2D eigenvalue weighted by atomic mass is 10.0. The maximum Gasteiger partial charge on any atom is 0.108 e. The van der Waals surface area contributed by atoms with Gasteiger partial charge in [0, 0.05) is 16.9 Å². The molecule has 0 radical (unpaired) electrons. The van der Waals surface area contributed by atoms with Crippen molar-refractivity contribution in [3.05, 3.63) is 28.5 Å². The first-order valence-corrected chi connectivity index (χ1v) is 6.25. The number of nitrogens with two attached hydrogens (primary N) is 1. The average Bonchev–Trinajstić information content (AvgIpc) is 2.58. The summed E-state index contributed by atoms with van der Waals surface area (Å²) < 4.78 is 1.06. The normalized spacial score (nSPS) is 13.6. The highest BCUT2D eigenvalue weighted by molar-refractivity contribution is 9.10. The smallest absolute Gasteiger partial charge is 0.108 e. The highest BCUT2D eigenvalue weighted by Gasteiger charge is 2.11. The predicted octanol–water partition coefficient (Wildman–Crippen LogP) is 2.85. The number of benzene rings is 1. The molecule has 16 heavy (non-hydrogen) atoms. The Morgan fingerprint density at radius 1 is 1.44 bits per heavy atom. The Balaban J connectivity index is 2.26. The van der Waals surface area contributed by atoms with Crippen LogP contribution in [0.15, 0.2) is 22.7 Å². The van der Waals surface area contributed by atoms with Crippen molar-refractivity contribution >= 4 is 27.0 Å². The van der Waals surface area contributed by atoms with Crippen LogP contribution in [0.1, 0.15) is 19.7 Å². The molecule has 1 aromatic heterocycles. The number of aromatic nitrogens is 2. The van der Waals surface area contributed by atoms with E-state index in [4.69, 9.17) is 5.73 Å². The van der Waals surface area contributed by atoms with E-state index >= 15 is 0 Å². The zero-order chi connectivity index (χ0) is 11.7. The van der Waals surface area contributed by atoms with Gasteiger partial charge < -0.3 is 10.7 Å². The monoisotopic (exact) mass is 281 g/mol. The van der Waals surface area contributed by atoms with Gasteiger partial charge in [-0.25, -0.2) is 4.98 Å². The van der Waals surface area contributed by atoms with Crippen LogP contribution in [-0.4, -0.2) is 16.0 Å². The van der Waals surface area contributed by atoms with Gasteiger partial charge in [0.2, 0.25) is 0 Å². The molecule has 0 saturated heterocycles. The van der Waals surface area contributed by atoms with Crippen molar-refractivity contribution in [1.29, 1.82) is 0 Å². The molecule has 86 valence electrons. The molecule has 0 aliphatic rings. The lowest BCUT2D eigenvalue weighted by molar-refractivity contribution is 0.483. The summed E-state index contributed by atoms with van der Waals surface area (Å²) in [6.45, 7) is 4.26. The number of hydrogen-bond acceptors (Lipinski definition) is 2. The topological polar surface area (TPSA) is 54.7 Å². The first-order chi connectivity index (χ1) is 7.56. The van der Waals surface area contributed by atoms with E-state index in [0.717, 1.165) is 27.8 Å². The van der Waals surface area contributed by atoms with E-state index in [2.05, 4.69) is 39.7 Å². The van der Waals surface area contributed by atoms with Crippen molar-refractivity contribution in [2.75, 3.05) is 0 Å². The molecule has 0 spiro atoms. The van der Waals surface area contributed by atoms with Crippen LogP contribution in [0, 0.1) is 5.92 Å². The summed E-state index contributed by atoms with van der Waals surface area (Å²) in [5.41, 5.74) is 8.08. The summed E-state index contributed by atoms with van der Waals surface area (Å²) in [4.78, 5) is 7.82. The molecule has 1 aromatic carbocycles. The maximum absolute atomic E-state index is 6.03. The number of nitrogens with zero attached hydrogens (tertiary/aromatic N) is 1. The van der Waals surface area contributed by atoms with E-state index in [-0.39, 0.29) is 6.04 Å². The molecule has 2 rings (SSSR count). The van der Waals surface area contributed by atoms with Gasteiger partial charge in [0.25, 0.3) is 0 Å². The largest absolute Gasteiger partial charge is 0.342 e. The third-order valence-electron chi connectivity index (χ3n) is 2.78. The second kappa shape index (κ2) is 4.55. The number of halogens is 1. The number of rotatable bonds is 3. The number of nitrogens with one attached hydrogen (secondary N) is 1. The van der Waals surface area contributed by atoms with E-state index in [1.54, 1.807) is 0 Å². The van der Waals surface area contributed by atoms with Crippen LogP contribution in [0.3, 0.4) is 0 Å². The van der Waals surface area contributed by atoms with Crippen LogP contribution in [0.4, 0.5) is 0 Å². The molecular formula is C12H16BrN3. The van der Waals surface area contributed by atoms with Crippen molar-refractivity contribution in [1.82, 2.24) is 9.97 Å². The molecular weight excluding hydrogens is 266 g/mol. The van der Waals surface area contributed by atoms with E-state index in [1.165, 1.54) is 0 Å². The van der Waals surface area contributed by atoms with Crippen LogP contribution in [0.5, 0.6) is 0 Å². The number of aromatic amines is 1. The average molecular weight is 282 g/mol. The van der Waals surface area contributed by atoms with Gasteiger partial charge >= 0.3 is 0 Å². The molecule has 4 heteroatoms. The van der Waals surface area contributed by atoms with Crippen molar-refractivity contribution in [2.45, 2.75) is 26.3 Å². The zero-order valence-corrected chi connectivity index (χ0v) is 11.1. The third-order valence-corrected chi connectivity index (χ3v) is 3.27. The zero-order valence-electron chi connectivity index (χ0n) is 9.50. The molecule has 1 atom stereocenters. The van der Waals surface area contributed by atoms with E-state index in [1.807, 2.05) is 18.2 Å². The number of imidazole rings is 1. The van der Waals surface area contributed by atoms with Gasteiger partial charge in [0.05, 0.1) is 11.0 Å². The minimum Gasteiger partial charge on any atom is -0.342 e. The standard InChI is InChI=1S/C12H16BrN3/c1-7(2)9(14)6-12-15-10-4-3-8(13)5-11(10)16-12/h3-5,7,9H,6,14H2,1-2H3,(H,15,16). The third kappa shape index (κ3) is 2.44. The lowest BCUT2D eigenvalue weighted by Crippen LogP contribution is -2.29. The Bertz CT molecular complexity index is 490.